The molecule has 2 rings (SSSR count). The van der Waals surface area contributed by atoms with E-state index in [0.29, 0.717) is 24.9 Å². The molecule has 0 fully saturated rings. The van der Waals surface area contributed by atoms with E-state index >= 15 is 0 Å². The Morgan fingerprint density at radius 2 is 1.79 bits per heavy atom. The molecule has 0 spiro atoms. The van der Waals surface area contributed by atoms with Gasteiger partial charge in [-0.3, -0.25) is 19.4 Å². The van der Waals surface area contributed by atoms with Crippen LogP contribution >= 0.6 is 0 Å². The number of ketones is 1. The lowest BCUT2D eigenvalue weighted by Crippen LogP contribution is -2.44. The molecule has 6 heteroatoms. The molecule has 0 saturated heterocycles. The predicted octanol–water partition coefficient (Wildman–Crippen LogP) is 3.68. The summed E-state index contributed by atoms with van der Waals surface area (Å²) in [5, 5.41) is 5.67. The third-order valence-corrected chi connectivity index (χ3v) is 4.63. The van der Waals surface area contributed by atoms with Gasteiger partial charge in [-0.25, -0.2) is 0 Å². The Hall–Kier alpha value is -3.02. The first-order valence-electron chi connectivity index (χ1n) is 10.1. The van der Waals surface area contributed by atoms with E-state index in [4.69, 9.17) is 0 Å². The molecule has 1 aromatic carbocycles. The first kappa shape index (κ1) is 22.3. The zero-order chi connectivity index (χ0) is 20.9. The molecule has 0 aliphatic carbocycles. The SMILES string of the molecule is CCC(=O)CCCCC[C@H](NC(=O)Cc1ccccc1)C(=O)Nc1cccnc1. The average molecular weight is 396 g/mol. The van der Waals surface area contributed by atoms with Crippen molar-refractivity contribution in [1.82, 2.24) is 10.3 Å². The van der Waals surface area contributed by atoms with Crippen LogP contribution in [0.15, 0.2) is 54.9 Å². The van der Waals surface area contributed by atoms with Crippen molar-refractivity contribution in [2.24, 2.45) is 0 Å². The molecule has 2 amide bonds. The molecule has 0 bridgehead atoms. The quantitative estimate of drug-likeness (QED) is 0.537. The number of hydrogen-bond acceptors (Lipinski definition) is 4. The number of nitrogens with one attached hydrogen (secondary N) is 2. The van der Waals surface area contributed by atoms with E-state index in [9.17, 15) is 14.4 Å². The highest BCUT2D eigenvalue weighted by Gasteiger charge is 2.21. The standard InChI is InChI=1S/C23H29N3O3/c1-2-20(27)13-7-4-8-14-21(23(29)25-19-12-9-15-24-17-19)26-22(28)16-18-10-5-3-6-11-18/h3,5-6,9-12,15,17,21H,2,4,7-8,13-14,16H2,1H3,(H,25,29)(H,26,28)/t21-/m0/s1. The van der Waals surface area contributed by atoms with Gasteiger partial charge in [0, 0.05) is 19.0 Å². The van der Waals surface area contributed by atoms with E-state index in [1.165, 1.54) is 0 Å². The number of unbranched alkanes of at least 4 members (excludes halogenated alkanes) is 2. The van der Waals surface area contributed by atoms with Gasteiger partial charge in [0.1, 0.15) is 11.8 Å². The van der Waals surface area contributed by atoms with Crippen LogP contribution in [0.4, 0.5) is 5.69 Å². The molecule has 0 unspecified atom stereocenters. The molecule has 0 radical (unpaired) electrons. The van der Waals surface area contributed by atoms with Crippen LogP contribution in [0.2, 0.25) is 0 Å². The third-order valence-electron chi connectivity index (χ3n) is 4.63. The summed E-state index contributed by atoms with van der Waals surface area (Å²) in [6.45, 7) is 1.86. The first-order valence-corrected chi connectivity index (χ1v) is 10.1. The maximum atomic E-state index is 12.7. The Balaban J connectivity index is 1.91. The second-order valence-corrected chi connectivity index (χ2v) is 7.00. The number of hydrogen-bond donors (Lipinski definition) is 2. The topological polar surface area (TPSA) is 88.2 Å². The van der Waals surface area contributed by atoms with Gasteiger partial charge in [0.15, 0.2) is 0 Å². The molecule has 2 aromatic rings. The summed E-state index contributed by atoms with van der Waals surface area (Å²) < 4.78 is 0. The first-order chi connectivity index (χ1) is 14.1. The Morgan fingerprint density at radius 3 is 2.48 bits per heavy atom. The van der Waals surface area contributed by atoms with Crippen molar-refractivity contribution in [3.05, 3.63) is 60.4 Å². The lowest BCUT2D eigenvalue weighted by Gasteiger charge is -2.18. The van der Waals surface area contributed by atoms with Crippen LogP contribution in [0.5, 0.6) is 0 Å². The largest absolute Gasteiger partial charge is 0.344 e. The predicted molar refractivity (Wildman–Crippen MR) is 113 cm³/mol. The Kier molecular flexibility index (Phi) is 9.55. The summed E-state index contributed by atoms with van der Waals surface area (Å²) in [5.41, 5.74) is 1.49. The van der Waals surface area contributed by atoms with Crippen LogP contribution in [0.1, 0.15) is 51.0 Å². The molecule has 0 saturated carbocycles. The zero-order valence-electron chi connectivity index (χ0n) is 16.9. The number of anilines is 1. The molecule has 1 aromatic heterocycles. The van der Waals surface area contributed by atoms with Gasteiger partial charge in [0.25, 0.3) is 0 Å². The van der Waals surface area contributed by atoms with Gasteiger partial charge in [-0.05, 0) is 30.5 Å². The number of pyridine rings is 1. The second-order valence-electron chi connectivity index (χ2n) is 7.00. The van der Waals surface area contributed by atoms with Gasteiger partial charge in [-0.1, -0.05) is 50.1 Å². The number of benzene rings is 1. The van der Waals surface area contributed by atoms with E-state index in [0.717, 1.165) is 24.8 Å². The number of nitrogens with zero attached hydrogens (tertiary/aromatic N) is 1. The zero-order valence-corrected chi connectivity index (χ0v) is 16.9. The third kappa shape index (κ3) is 8.68. The van der Waals surface area contributed by atoms with E-state index in [2.05, 4.69) is 15.6 Å². The smallest absolute Gasteiger partial charge is 0.246 e. The monoisotopic (exact) mass is 395 g/mol. The molecular weight excluding hydrogens is 366 g/mol. The molecule has 1 heterocycles. The minimum absolute atomic E-state index is 0.191. The summed E-state index contributed by atoms with van der Waals surface area (Å²) in [7, 11) is 0. The summed E-state index contributed by atoms with van der Waals surface area (Å²) >= 11 is 0. The molecule has 154 valence electrons. The molecular formula is C23H29N3O3. The van der Waals surface area contributed by atoms with Crippen molar-refractivity contribution < 1.29 is 14.4 Å². The molecule has 0 aliphatic rings. The minimum atomic E-state index is -0.631. The van der Waals surface area contributed by atoms with Crippen molar-refractivity contribution in [3.8, 4) is 0 Å². The fraction of sp³-hybridized carbons (Fsp3) is 0.391. The minimum Gasteiger partial charge on any atom is -0.344 e. The van der Waals surface area contributed by atoms with E-state index in [-0.39, 0.29) is 24.0 Å². The van der Waals surface area contributed by atoms with Gasteiger partial charge in [-0.2, -0.15) is 0 Å². The van der Waals surface area contributed by atoms with Crippen LogP contribution in [0, 0.1) is 0 Å². The summed E-state index contributed by atoms with van der Waals surface area (Å²) in [4.78, 5) is 40.6. The van der Waals surface area contributed by atoms with Crippen molar-refractivity contribution >= 4 is 23.3 Å². The number of aromatic nitrogens is 1. The lowest BCUT2D eigenvalue weighted by atomic mass is 10.0. The van der Waals surface area contributed by atoms with E-state index in [1.807, 2.05) is 37.3 Å². The molecule has 2 N–H and O–H groups in total. The van der Waals surface area contributed by atoms with Crippen LogP contribution in [0.25, 0.3) is 0 Å². The highest BCUT2D eigenvalue weighted by atomic mass is 16.2. The van der Waals surface area contributed by atoms with Crippen molar-refractivity contribution in [1.29, 1.82) is 0 Å². The number of amides is 2. The maximum absolute atomic E-state index is 12.7. The molecule has 1 atom stereocenters. The Morgan fingerprint density at radius 1 is 1.00 bits per heavy atom. The Bertz CT molecular complexity index is 778. The highest BCUT2D eigenvalue weighted by Crippen LogP contribution is 2.11. The molecule has 29 heavy (non-hydrogen) atoms. The number of carbonyl (C=O) groups excluding carboxylic acids is 3. The second kappa shape index (κ2) is 12.4. The highest BCUT2D eigenvalue weighted by molar-refractivity contribution is 5.97. The van der Waals surface area contributed by atoms with Crippen LogP contribution in [-0.2, 0) is 20.8 Å². The van der Waals surface area contributed by atoms with E-state index in [1.54, 1.807) is 24.5 Å². The van der Waals surface area contributed by atoms with Crippen LogP contribution < -0.4 is 10.6 Å². The molecule has 6 nitrogen and oxygen atoms in total. The van der Waals surface area contributed by atoms with Crippen molar-refractivity contribution in [3.63, 3.8) is 0 Å². The molecule has 0 aliphatic heterocycles. The fourth-order valence-electron chi connectivity index (χ4n) is 2.99. The van der Waals surface area contributed by atoms with Crippen molar-refractivity contribution in [2.75, 3.05) is 5.32 Å². The van der Waals surface area contributed by atoms with Crippen molar-refractivity contribution in [2.45, 2.75) is 57.9 Å². The fourth-order valence-corrected chi connectivity index (χ4v) is 2.99. The van der Waals surface area contributed by atoms with E-state index < -0.39 is 6.04 Å². The van der Waals surface area contributed by atoms with Crippen LogP contribution in [-0.4, -0.2) is 28.6 Å². The maximum Gasteiger partial charge on any atom is 0.246 e. The average Bonchev–Trinajstić information content (AvgIpc) is 2.73. The van der Waals surface area contributed by atoms with Gasteiger partial charge in [0.05, 0.1) is 18.3 Å². The lowest BCUT2D eigenvalue weighted by molar-refractivity contribution is -0.126. The summed E-state index contributed by atoms with van der Waals surface area (Å²) in [6, 6.07) is 12.3. The normalized spacial score (nSPS) is 11.5. The summed E-state index contributed by atoms with van der Waals surface area (Å²) in [5.74, 6) is -0.195. The number of rotatable bonds is 12. The van der Waals surface area contributed by atoms with Crippen LogP contribution in [0.3, 0.4) is 0 Å². The Labute approximate surface area is 172 Å². The van der Waals surface area contributed by atoms with Gasteiger partial charge in [0.2, 0.25) is 11.8 Å². The van der Waals surface area contributed by atoms with Gasteiger partial charge < -0.3 is 10.6 Å². The van der Waals surface area contributed by atoms with Gasteiger partial charge in [-0.15, -0.1) is 0 Å². The number of carbonyl (C=O) groups is 3. The summed E-state index contributed by atoms with van der Waals surface area (Å²) in [6.07, 6.45) is 7.49. The van der Waals surface area contributed by atoms with Gasteiger partial charge >= 0.3 is 0 Å². The number of Topliss-reactive ketones (excluding diaryl/α,β-unsaturated/α-hetero) is 1.